The smallest absolute Gasteiger partial charge is 0.106 e. The quantitative estimate of drug-likeness (QED) is 0.664. The minimum absolute atomic E-state index is 0.496. The molecule has 4 heteroatoms. The predicted molar refractivity (Wildman–Crippen MR) is 91.5 cm³/mol. The summed E-state index contributed by atoms with van der Waals surface area (Å²) >= 11 is 12.1. The largest absolute Gasteiger partial charge is 0.384 e. The monoisotopic (exact) mass is 331 g/mol. The number of aliphatic hydroxyl groups is 1. The molecular weight excluding hydrogens is 317 g/mol. The van der Waals surface area contributed by atoms with Crippen molar-refractivity contribution in [3.8, 4) is 11.1 Å². The zero-order valence-corrected chi connectivity index (χ0v) is 13.5. The Morgan fingerprint density at radius 2 is 1.68 bits per heavy atom. The fourth-order valence-electron chi connectivity index (χ4n) is 2.44. The van der Waals surface area contributed by atoms with Crippen molar-refractivity contribution in [1.29, 1.82) is 0 Å². The Labute approximate surface area is 139 Å². The van der Waals surface area contributed by atoms with E-state index < -0.39 is 6.10 Å². The lowest BCUT2D eigenvalue weighted by molar-refractivity contribution is 0.221. The second-order valence-electron chi connectivity index (χ2n) is 5.27. The number of rotatable bonds is 3. The second-order valence-corrected chi connectivity index (χ2v) is 6.08. The SMILES string of the molecule is Cc1ccc([C@@H](O)c2c[nH]cc2-c2ccc(Cl)c(Cl)c2)cc1. The van der Waals surface area contributed by atoms with E-state index in [0.717, 1.165) is 27.8 Å². The molecule has 2 nitrogen and oxygen atoms in total. The number of nitrogens with one attached hydrogen (secondary N) is 1. The molecule has 0 spiro atoms. The molecule has 0 aliphatic rings. The summed E-state index contributed by atoms with van der Waals surface area (Å²) in [6, 6.07) is 13.3. The highest BCUT2D eigenvalue weighted by Crippen LogP contribution is 2.34. The second kappa shape index (κ2) is 6.17. The van der Waals surface area contributed by atoms with Gasteiger partial charge in [-0.2, -0.15) is 0 Å². The lowest BCUT2D eigenvalue weighted by atomic mass is 9.96. The molecule has 0 amide bonds. The summed E-state index contributed by atoms with van der Waals surface area (Å²) in [7, 11) is 0. The van der Waals surface area contributed by atoms with Crippen LogP contribution in [0.25, 0.3) is 11.1 Å². The Balaban J connectivity index is 2.01. The maximum absolute atomic E-state index is 10.7. The van der Waals surface area contributed by atoms with Crippen LogP contribution in [0, 0.1) is 6.92 Å². The van der Waals surface area contributed by atoms with E-state index in [1.807, 2.05) is 49.6 Å². The topological polar surface area (TPSA) is 36.0 Å². The third kappa shape index (κ3) is 2.91. The Morgan fingerprint density at radius 3 is 2.36 bits per heavy atom. The number of hydrogen-bond donors (Lipinski definition) is 2. The van der Waals surface area contributed by atoms with Crippen molar-refractivity contribution in [2.24, 2.45) is 0 Å². The van der Waals surface area contributed by atoms with Gasteiger partial charge >= 0.3 is 0 Å². The van der Waals surface area contributed by atoms with Crippen molar-refractivity contribution >= 4 is 23.2 Å². The Kier molecular flexibility index (Phi) is 4.25. The first-order valence-corrected chi connectivity index (χ1v) is 7.68. The number of halogens is 2. The van der Waals surface area contributed by atoms with Gasteiger partial charge in [-0.1, -0.05) is 59.1 Å². The van der Waals surface area contributed by atoms with E-state index in [-0.39, 0.29) is 0 Å². The lowest BCUT2D eigenvalue weighted by Gasteiger charge is -2.13. The van der Waals surface area contributed by atoms with Gasteiger partial charge in [-0.15, -0.1) is 0 Å². The third-order valence-electron chi connectivity index (χ3n) is 3.70. The van der Waals surface area contributed by atoms with E-state index in [1.165, 1.54) is 0 Å². The zero-order chi connectivity index (χ0) is 15.7. The summed E-state index contributed by atoms with van der Waals surface area (Å²) < 4.78 is 0. The van der Waals surface area contributed by atoms with Crippen LogP contribution in [0.5, 0.6) is 0 Å². The molecule has 112 valence electrons. The molecule has 0 saturated carbocycles. The summed E-state index contributed by atoms with van der Waals surface area (Å²) in [5.41, 5.74) is 4.65. The molecule has 0 unspecified atom stereocenters. The van der Waals surface area contributed by atoms with Gasteiger partial charge in [0.2, 0.25) is 0 Å². The summed E-state index contributed by atoms with van der Waals surface area (Å²) in [5, 5.41) is 11.7. The van der Waals surface area contributed by atoms with Gasteiger partial charge in [-0.3, -0.25) is 0 Å². The molecule has 22 heavy (non-hydrogen) atoms. The van der Waals surface area contributed by atoms with E-state index in [0.29, 0.717) is 10.0 Å². The summed E-state index contributed by atoms with van der Waals surface area (Å²) in [6.45, 7) is 2.02. The molecule has 0 radical (unpaired) electrons. The molecule has 0 bridgehead atoms. The zero-order valence-electron chi connectivity index (χ0n) is 12.0. The molecule has 0 aliphatic heterocycles. The number of aryl methyl sites for hydroxylation is 1. The Bertz CT molecular complexity index is 793. The van der Waals surface area contributed by atoms with Crippen LogP contribution >= 0.6 is 23.2 Å². The third-order valence-corrected chi connectivity index (χ3v) is 4.43. The molecule has 2 aromatic carbocycles. The Morgan fingerprint density at radius 1 is 0.955 bits per heavy atom. The van der Waals surface area contributed by atoms with E-state index in [1.54, 1.807) is 12.1 Å². The van der Waals surface area contributed by atoms with Gasteiger partial charge in [0.1, 0.15) is 6.10 Å². The van der Waals surface area contributed by atoms with Crippen LogP contribution in [0.3, 0.4) is 0 Å². The Hall–Kier alpha value is -1.74. The highest BCUT2D eigenvalue weighted by atomic mass is 35.5. The highest BCUT2D eigenvalue weighted by molar-refractivity contribution is 6.42. The van der Waals surface area contributed by atoms with Crippen LogP contribution in [0.4, 0.5) is 0 Å². The fourth-order valence-corrected chi connectivity index (χ4v) is 2.74. The van der Waals surface area contributed by atoms with Gasteiger partial charge in [0.15, 0.2) is 0 Å². The number of hydrogen-bond acceptors (Lipinski definition) is 1. The van der Waals surface area contributed by atoms with Gasteiger partial charge < -0.3 is 10.1 Å². The van der Waals surface area contributed by atoms with Crippen molar-refractivity contribution in [3.05, 3.63) is 81.6 Å². The molecule has 2 N–H and O–H groups in total. The molecule has 0 aliphatic carbocycles. The summed E-state index contributed by atoms with van der Waals surface area (Å²) in [4.78, 5) is 3.06. The van der Waals surface area contributed by atoms with Crippen LogP contribution in [0.1, 0.15) is 22.8 Å². The van der Waals surface area contributed by atoms with Crippen LogP contribution in [-0.4, -0.2) is 10.1 Å². The summed E-state index contributed by atoms with van der Waals surface area (Å²) in [6.07, 6.45) is 2.96. The molecule has 1 atom stereocenters. The first-order valence-electron chi connectivity index (χ1n) is 6.93. The van der Waals surface area contributed by atoms with Gasteiger partial charge in [0.05, 0.1) is 10.0 Å². The average Bonchev–Trinajstić information content (AvgIpc) is 2.99. The maximum Gasteiger partial charge on any atom is 0.106 e. The van der Waals surface area contributed by atoms with Crippen LogP contribution < -0.4 is 0 Å². The maximum atomic E-state index is 10.7. The fraction of sp³-hybridized carbons (Fsp3) is 0.111. The molecule has 0 fully saturated rings. The van der Waals surface area contributed by atoms with E-state index in [9.17, 15) is 5.11 Å². The number of benzene rings is 2. The molecule has 1 aromatic heterocycles. The molecule has 1 heterocycles. The van der Waals surface area contributed by atoms with Gasteiger partial charge in [-0.25, -0.2) is 0 Å². The van der Waals surface area contributed by atoms with Crippen molar-refractivity contribution in [3.63, 3.8) is 0 Å². The minimum Gasteiger partial charge on any atom is -0.384 e. The van der Waals surface area contributed by atoms with E-state index >= 15 is 0 Å². The van der Waals surface area contributed by atoms with Crippen LogP contribution in [0.2, 0.25) is 10.0 Å². The van der Waals surface area contributed by atoms with Crippen molar-refractivity contribution in [2.45, 2.75) is 13.0 Å². The number of aromatic nitrogens is 1. The first-order chi connectivity index (χ1) is 10.6. The number of aromatic amines is 1. The van der Waals surface area contributed by atoms with Gasteiger partial charge in [0, 0.05) is 23.5 Å². The highest BCUT2D eigenvalue weighted by Gasteiger charge is 2.17. The van der Waals surface area contributed by atoms with Crippen LogP contribution in [0.15, 0.2) is 54.9 Å². The summed E-state index contributed by atoms with van der Waals surface area (Å²) in [5.74, 6) is 0. The predicted octanol–water partition coefficient (Wildman–Crippen LogP) is 5.38. The van der Waals surface area contributed by atoms with E-state index in [4.69, 9.17) is 23.2 Å². The standard InChI is InChI=1S/C18H15Cl2NO/c1-11-2-4-12(5-3-11)18(22)15-10-21-9-14(15)13-6-7-16(19)17(20)8-13/h2-10,18,21-22H,1H3/t18-/m1/s1. The molecular formula is C18H15Cl2NO. The first kappa shape index (κ1) is 15.2. The van der Waals surface area contributed by atoms with Crippen molar-refractivity contribution < 1.29 is 5.11 Å². The molecule has 3 aromatic rings. The number of aliphatic hydroxyl groups excluding tert-OH is 1. The van der Waals surface area contributed by atoms with Gasteiger partial charge in [-0.05, 0) is 30.2 Å². The molecule has 0 saturated heterocycles. The van der Waals surface area contributed by atoms with Crippen molar-refractivity contribution in [2.75, 3.05) is 0 Å². The number of H-pyrrole nitrogens is 1. The molecule has 3 rings (SSSR count). The van der Waals surface area contributed by atoms with Gasteiger partial charge in [0.25, 0.3) is 0 Å². The normalized spacial score (nSPS) is 12.4. The van der Waals surface area contributed by atoms with E-state index in [2.05, 4.69) is 4.98 Å². The lowest BCUT2D eigenvalue weighted by Crippen LogP contribution is -2.00. The minimum atomic E-state index is -0.698. The average molecular weight is 332 g/mol. The van der Waals surface area contributed by atoms with Crippen LogP contribution in [-0.2, 0) is 0 Å². The van der Waals surface area contributed by atoms with Crippen molar-refractivity contribution in [1.82, 2.24) is 4.98 Å².